The molecule has 3 rings (SSSR count). The summed E-state index contributed by atoms with van der Waals surface area (Å²) in [6, 6.07) is 7.06. The molecular formula is C19H20N6O3S. The topological polar surface area (TPSA) is 112 Å². The quantitative estimate of drug-likeness (QED) is 0.468. The molecule has 0 fully saturated rings. The Bertz CT molecular complexity index is 1060. The number of thiazole rings is 1. The summed E-state index contributed by atoms with van der Waals surface area (Å²) in [5.74, 6) is -0.273. The molecule has 0 bridgehead atoms. The molecule has 1 amide bonds. The normalized spacial score (nSPS) is 10.8. The standard InChI is InChI=1S/C19H20N6O3S/c1-5-9-28-18(27)15-12(4)20-19(29-15)21-17(26)14-8-6-7-13(10-14)16-22-23-24-25(16)11(2)3/h5-8,10-11H,1,9H2,2-4H3,(H,20,21,26). The van der Waals surface area contributed by atoms with Crippen LogP contribution in [0.4, 0.5) is 5.13 Å². The van der Waals surface area contributed by atoms with Crippen LogP contribution in [-0.4, -0.2) is 43.7 Å². The Morgan fingerprint density at radius 2 is 2.17 bits per heavy atom. The van der Waals surface area contributed by atoms with Gasteiger partial charge in [0.05, 0.1) is 11.7 Å². The zero-order valence-electron chi connectivity index (χ0n) is 16.2. The molecule has 0 saturated carbocycles. The molecule has 9 nitrogen and oxygen atoms in total. The Hall–Kier alpha value is -3.40. The van der Waals surface area contributed by atoms with Crippen LogP contribution in [0.25, 0.3) is 11.4 Å². The van der Waals surface area contributed by atoms with Crippen molar-refractivity contribution in [3.8, 4) is 11.4 Å². The number of esters is 1. The zero-order chi connectivity index (χ0) is 21.0. The van der Waals surface area contributed by atoms with Gasteiger partial charge in [-0.05, 0) is 43.3 Å². The van der Waals surface area contributed by atoms with Crippen LogP contribution < -0.4 is 5.32 Å². The highest BCUT2D eigenvalue weighted by Crippen LogP contribution is 2.25. The van der Waals surface area contributed by atoms with Crippen LogP contribution in [0.3, 0.4) is 0 Å². The van der Waals surface area contributed by atoms with Crippen molar-refractivity contribution in [2.45, 2.75) is 26.8 Å². The third-order valence-corrected chi connectivity index (χ3v) is 4.95. The van der Waals surface area contributed by atoms with Gasteiger partial charge in [0.2, 0.25) is 0 Å². The first-order valence-electron chi connectivity index (χ1n) is 8.85. The van der Waals surface area contributed by atoms with Crippen LogP contribution >= 0.6 is 11.3 Å². The molecule has 2 aromatic heterocycles. The van der Waals surface area contributed by atoms with Crippen LogP contribution in [0.5, 0.6) is 0 Å². The second-order valence-corrected chi connectivity index (χ2v) is 7.40. The molecule has 0 aliphatic heterocycles. The third kappa shape index (κ3) is 4.54. The maximum Gasteiger partial charge on any atom is 0.350 e. The highest BCUT2D eigenvalue weighted by Gasteiger charge is 2.19. The molecule has 150 valence electrons. The van der Waals surface area contributed by atoms with E-state index in [1.165, 1.54) is 6.08 Å². The van der Waals surface area contributed by atoms with E-state index in [0.717, 1.165) is 16.9 Å². The van der Waals surface area contributed by atoms with Crippen LogP contribution in [0, 0.1) is 6.92 Å². The van der Waals surface area contributed by atoms with E-state index in [1.807, 2.05) is 19.9 Å². The average molecular weight is 412 g/mol. The van der Waals surface area contributed by atoms with E-state index in [1.54, 1.807) is 29.8 Å². The van der Waals surface area contributed by atoms with Gasteiger partial charge in [-0.25, -0.2) is 14.5 Å². The molecular weight excluding hydrogens is 392 g/mol. The maximum absolute atomic E-state index is 12.7. The fourth-order valence-corrected chi connectivity index (χ4v) is 3.40. The second-order valence-electron chi connectivity index (χ2n) is 6.40. The molecule has 0 saturated heterocycles. The molecule has 29 heavy (non-hydrogen) atoms. The predicted molar refractivity (Wildman–Crippen MR) is 109 cm³/mol. The SMILES string of the molecule is C=CCOC(=O)c1sc(NC(=O)c2cccc(-c3nnnn3C(C)C)c2)nc1C. The number of rotatable bonds is 7. The molecule has 0 atom stereocenters. The van der Waals surface area contributed by atoms with E-state index < -0.39 is 5.97 Å². The number of aromatic nitrogens is 5. The molecule has 0 aliphatic carbocycles. The average Bonchev–Trinajstić information content (AvgIpc) is 3.33. The van der Waals surface area contributed by atoms with Crippen molar-refractivity contribution in [2.24, 2.45) is 0 Å². The van der Waals surface area contributed by atoms with Gasteiger partial charge < -0.3 is 4.74 Å². The summed E-state index contributed by atoms with van der Waals surface area (Å²) in [5, 5.41) is 14.8. The number of hydrogen-bond acceptors (Lipinski definition) is 8. The van der Waals surface area contributed by atoms with Crippen molar-refractivity contribution in [1.82, 2.24) is 25.2 Å². The smallest absolute Gasteiger partial charge is 0.350 e. The minimum Gasteiger partial charge on any atom is -0.457 e. The van der Waals surface area contributed by atoms with Gasteiger partial charge in [-0.1, -0.05) is 36.1 Å². The lowest BCUT2D eigenvalue weighted by Crippen LogP contribution is -2.12. The van der Waals surface area contributed by atoms with Crippen molar-refractivity contribution in [2.75, 3.05) is 11.9 Å². The maximum atomic E-state index is 12.7. The van der Waals surface area contributed by atoms with Gasteiger partial charge in [0.1, 0.15) is 11.5 Å². The van der Waals surface area contributed by atoms with E-state index in [2.05, 4.69) is 32.4 Å². The lowest BCUT2D eigenvalue weighted by molar-refractivity contribution is 0.0554. The Morgan fingerprint density at radius 1 is 1.38 bits per heavy atom. The van der Waals surface area contributed by atoms with E-state index in [0.29, 0.717) is 27.1 Å². The summed E-state index contributed by atoms with van der Waals surface area (Å²) in [6.45, 7) is 9.24. The Balaban J connectivity index is 1.79. The molecule has 2 heterocycles. The van der Waals surface area contributed by atoms with Crippen LogP contribution in [0.15, 0.2) is 36.9 Å². The van der Waals surface area contributed by atoms with Crippen LogP contribution in [0.1, 0.15) is 45.6 Å². The van der Waals surface area contributed by atoms with E-state index in [4.69, 9.17) is 4.74 Å². The number of benzene rings is 1. The first-order valence-corrected chi connectivity index (χ1v) is 9.67. The van der Waals surface area contributed by atoms with Crippen LogP contribution in [0.2, 0.25) is 0 Å². The lowest BCUT2D eigenvalue weighted by Gasteiger charge is -2.08. The number of nitrogens with one attached hydrogen (secondary N) is 1. The number of aryl methyl sites for hydroxylation is 1. The fraction of sp³-hybridized carbons (Fsp3) is 0.263. The monoisotopic (exact) mass is 412 g/mol. The number of tetrazole rings is 1. The molecule has 1 N–H and O–H groups in total. The van der Waals surface area contributed by atoms with Gasteiger partial charge in [0.15, 0.2) is 11.0 Å². The number of nitrogens with zero attached hydrogens (tertiary/aromatic N) is 5. The minimum absolute atomic E-state index is 0.0787. The molecule has 0 spiro atoms. The highest BCUT2D eigenvalue weighted by molar-refractivity contribution is 7.17. The molecule has 1 aromatic carbocycles. The zero-order valence-corrected chi connectivity index (χ0v) is 17.1. The number of hydrogen-bond donors (Lipinski definition) is 1. The number of amides is 1. The highest BCUT2D eigenvalue weighted by atomic mass is 32.1. The third-order valence-electron chi connectivity index (χ3n) is 3.90. The van der Waals surface area contributed by atoms with E-state index >= 15 is 0 Å². The summed E-state index contributed by atoms with van der Waals surface area (Å²) in [6.07, 6.45) is 1.49. The van der Waals surface area contributed by atoms with Gasteiger partial charge in [-0.3, -0.25) is 10.1 Å². The van der Waals surface area contributed by atoms with Gasteiger partial charge >= 0.3 is 5.97 Å². The van der Waals surface area contributed by atoms with Crippen molar-refractivity contribution in [1.29, 1.82) is 0 Å². The van der Waals surface area contributed by atoms with Crippen molar-refractivity contribution < 1.29 is 14.3 Å². The van der Waals surface area contributed by atoms with E-state index in [9.17, 15) is 9.59 Å². The van der Waals surface area contributed by atoms with Gasteiger partial charge in [0.25, 0.3) is 5.91 Å². The van der Waals surface area contributed by atoms with Crippen molar-refractivity contribution in [3.05, 3.63) is 53.1 Å². The fourth-order valence-electron chi connectivity index (χ4n) is 2.54. The van der Waals surface area contributed by atoms with Gasteiger partial charge in [-0.15, -0.1) is 5.10 Å². The second kappa shape index (κ2) is 8.74. The predicted octanol–water partition coefficient (Wildman–Crippen LogP) is 3.28. The first-order chi connectivity index (χ1) is 13.9. The summed E-state index contributed by atoms with van der Waals surface area (Å²) in [7, 11) is 0. The minimum atomic E-state index is -0.497. The van der Waals surface area contributed by atoms with Crippen LogP contribution in [-0.2, 0) is 4.74 Å². The van der Waals surface area contributed by atoms with Gasteiger partial charge in [-0.2, -0.15) is 0 Å². The Morgan fingerprint density at radius 3 is 2.90 bits per heavy atom. The number of carbonyl (C=O) groups excluding carboxylic acids is 2. The van der Waals surface area contributed by atoms with E-state index in [-0.39, 0.29) is 18.6 Å². The number of carbonyl (C=O) groups is 2. The summed E-state index contributed by atoms with van der Waals surface area (Å²) >= 11 is 1.06. The van der Waals surface area contributed by atoms with Crippen molar-refractivity contribution in [3.63, 3.8) is 0 Å². The largest absolute Gasteiger partial charge is 0.457 e. The molecule has 0 unspecified atom stereocenters. The molecule has 0 radical (unpaired) electrons. The Kier molecular flexibility index (Phi) is 6.13. The first kappa shape index (κ1) is 20.3. The van der Waals surface area contributed by atoms with Crippen molar-refractivity contribution >= 4 is 28.3 Å². The summed E-state index contributed by atoms with van der Waals surface area (Å²) < 4.78 is 6.71. The summed E-state index contributed by atoms with van der Waals surface area (Å²) in [5.41, 5.74) is 1.63. The lowest BCUT2D eigenvalue weighted by atomic mass is 10.1. The number of ether oxygens (including phenoxy) is 1. The number of anilines is 1. The molecule has 3 aromatic rings. The molecule has 10 heteroatoms. The van der Waals surface area contributed by atoms with Gasteiger partial charge in [0, 0.05) is 11.1 Å². The Labute approximate surface area is 171 Å². The molecule has 0 aliphatic rings. The summed E-state index contributed by atoms with van der Waals surface area (Å²) in [4.78, 5) is 29.3.